The molecule has 0 fully saturated rings. The summed E-state index contributed by atoms with van der Waals surface area (Å²) < 4.78 is 37.5. The zero-order valence-corrected chi connectivity index (χ0v) is 9.83. The number of hydrogen-bond donors (Lipinski definition) is 1. The first-order valence-electron chi connectivity index (χ1n) is 5.50. The highest BCUT2D eigenvalue weighted by Crippen LogP contribution is 2.29. The molecule has 2 aromatic rings. The lowest BCUT2D eigenvalue weighted by Crippen LogP contribution is -2.04. The molecule has 0 amide bonds. The van der Waals surface area contributed by atoms with Crippen molar-refractivity contribution >= 4 is 5.69 Å². The van der Waals surface area contributed by atoms with E-state index in [1.165, 1.54) is 6.07 Å². The summed E-state index contributed by atoms with van der Waals surface area (Å²) in [6.45, 7) is 0. The fourth-order valence-electron chi connectivity index (χ4n) is 1.48. The third-order valence-electron chi connectivity index (χ3n) is 2.45. The molecule has 4 heteroatoms. The van der Waals surface area contributed by atoms with Gasteiger partial charge in [-0.3, -0.25) is 0 Å². The van der Waals surface area contributed by atoms with Crippen LogP contribution in [0.5, 0.6) is 0 Å². The van der Waals surface area contributed by atoms with Crippen LogP contribution in [0.15, 0.2) is 48.5 Å². The molecule has 0 heterocycles. The fraction of sp³-hybridized carbons (Fsp3) is 0.0667. The molecule has 0 bridgehead atoms. The average Bonchev–Trinajstić information content (AvgIpc) is 2.37. The summed E-state index contributed by atoms with van der Waals surface area (Å²) in [7, 11) is 0. The van der Waals surface area contributed by atoms with Gasteiger partial charge in [0.2, 0.25) is 0 Å². The predicted molar refractivity (Wildman–Crippen MR) is 68.3 cm³/mol. The van der Waals surface area contributed by atoms with E-state index in [4.69, 9.17) is 5.73 Å². The van der Waals surface area contributed by atoms with Crippen molar-refractivity contribution < 1.29 is 13.2 Å². The second-order valence-electron chi connectivity index (χ2n) is 3.95. The summed E-state index contributed by atoms with van der Waals surface area (Å²) in [5, 5.41) is 0. The molecule has 0 aromatic heterocycles. The molecule has 0 unspecified atom stereocenters. The van der Waals surface area contributed by atoms with Crippen LogP contribution in [0.25, 0.3) is 0 Å². The molecular weight excluding hydrogens is 251 g/mol. The molecule has 0 aliphatic carbocycles. The molecule has 0 spiro atoms. The van der Waals surface area contributed by atoms with E-state index in [0.717, 1.165) is 12.1 Å². The molecule has 0 aliphatic heterocycles. The minimum Gasteiger partial charge on any atom is -0.399 e. The van der Waals surface area contributed by atoms with Gasteiger partial charge in [0.1, 0.15) is 0 Å². The number of nitrogens with two attached hydrogens (primary N) is 1. The van der Waals surface area contributed by atoms with E-state index in [9.17, 15) is 13.2 Å². The fourth-order valence-corrected chi connectivity index (χ4v) is 1.48. The molecule has 0 radical (unpaired) electrons. The summed E-state index contributed by atoms with van der Waals surface area (Å²) >= 11 is 0. The lowest BCUT2D eigenvalue weighted by Gasteiger charge is -2.05. The average molecular weight is 261 g/mol. The van der Waals surface area contributed by atoms with Crippen LogP contribution in [-0.4, -0.2) is 0 Å². The Balaban J connectivity index is 2.27. The van der Waals surface area contributed by atoms with E-state index in [1.807, 2.05) is 0 Å². The normalized spacial score (nSPS) is 10.7. The zero-order valence-electron chi connectivity index (χ0n) is 9.83. The van der Waals surface area contributed by atoms with Gasteiger partial charge in [-0.15, -0.1) is 0 Å². The monoisotopic (exact) mass is 261 g/mol. The van der Waals surface area contributed by atoms with Gasteiger partial charge in [-0.05, 0) is 42.5 Å². The van der Waals surface area contributed by atoms with Crippen molar-refractivity contribution in [3.8, 4) is 11.8 Å². The van der Waals surface area contributed by atoms with Gasteiger partial charge in [-0.2, -0.15) is 13.2 Å². The van der Waals surface area contributed by atoms with Crippen molar-refractivity contribution in [2.24, 2.45) is 0 Å². The zero-order chi connectivity index (χ0) is 13.9. The second kappa shape index (κ2) is 5.07. The molecule has 0 saturated carbocycles. The Morgan fingerprint density at radius 2 is 1.47 bits per heavy atom. The Morgan fingerprint density at radius 1 is 0.842 bits per heavy atom. The Hall–Kier alpha value is -2.41. The van der Waals surface area contributed by atoms with Crippen LogP contribution in [0.2, 0.25) is 0 Å². The van der Waals surface area contributed by atoms with Crippen LogP contribution in [0.3, 0.4) is 0 Å². The summed E-state index contributed by atoms with van der Waals surface area (Å²) in [4.78, 5) is 0. The molecule has 0 saturated heterocycles. The van der Waals surface area contributed by atoms with Crippen LogP contribution < -0.4 is 5.73 Å². The quantitative estimate of drug-likeness (QED) is 0.568. The second-order valence-corrected chi connectivity index (χ2v) is 3.95. The molecule has 96 valence electrons. The van der Waals surface area contributed by atoms with Gasteiger partial charge in [-0.25, -0.2) is 0 Å². The highest BCUT2D eigenvalue weighted by molar-refractivity contribution is 5.48. The summed E-state index contributed by atoms with van der Waals surface area (Å²) in [5.74, 6) is 5.50. The molecule has 0 atom stereocenters. The smallest absolute Gasteiger partial charge is 0.399 e. The van der Waals surface area contributed by atoms with Gasteiger partial charge in [0.05, 0.1) is 5.56 Å². The molecule has 2 aromatic carbocycles. The van der Waals surface area contributed by atoms with Gasteiger partial charge < -0.3 is 5.73 Å². The van der Waals surface area contributed by atoms with Crippen molar-refractivity contribution in [3.63, 3.8) is 0 Å². The standard InChI is InChI=1S/C15H10F3N/c16-15(17,18)13-3-1-2-12(10-13)5-4-11-6-8-14(19)9-7-11/h1-3,6-10H,19H2. The first kappa shape index (κ1) is 13.0. The van der Waals surface area contributed by atoms with E-state index in [-0.39, 0.29) is 0 Å². The largest absolute Gasteiger partial charge is 0.416 e. The van der Waals surface area contributed by atoms with Crippen molar-refractivity contribution in [1.82, 2.24) is 0 Å². The van der Waals surface area contributed by atoms with E-state index in [2.05, 4.69) is 11.8 Å². The third kappa shape index (κ3) is 3.52. The van der Waals surface area contributed by atoms with Gasteiger partial charge in [0.15, 0.2) is 0 Å². The van der Waals surface area contributed by atoms with Crippen molar-refractivity contribution in [2.75, 3.05) is 5.73 Å². The highest BCUT2D eigenvalue weighted by Gasteiger charge is 2.30. The maximum Gasteiger partial charge on any atom is 0.416 e. The van der Waals surface area contributed by atoms with Crippen LogP contribution >= 0.6 is 0 Å². The first-order valence-corrected chi connectivity index (χ1v) is 5.50. The highest BCUT2D eigenvalue weighted by atomic mass is 19.4. The lowest BCUT2D eigenvalue weighted by molar-refractivity contribution is -0.137. The Bertz CT molecular complexity index is 631. The molecular formula is C15H10F3N. The van der Waals surface area contributed by atoms with Gasteiger partial charge in [-0.1, -0.05) is 17.9 Å². The minimum atomic E-state index is -4.35. The maximum atomic E-state index is 12.5. The lowest BCUT2D eigenvalue weighted by atomic mass is 10.1. The summed E-state index contributed by atoms with van der Waals surface area (Å²) in [6, 6.07) is 11.8. The van der Waals surface area contributed by atoms with E-state index < -0.39 is 11.7 Å². The SMILES string of the molecule is Nc1ccc(C#Cc2cccc(C(F)(F)F)c2)cc1. The van der Waals surface area contributed by atoms with Gasteiger partial charge in [0, 0.05) is 16.8 Å². The number of hydrogen-bond acceptors (Lipinski definition) is 1. The van der Waals surface area contributed by atoms with E-state index in [1.54, 1.807) is 30.3 Å². The van der Waals surface area contributed by atoms with Crippen LogP contribution in [0, 0.1) is 11.8 Å². The third-order valence-corrected chi connectivity index (χ3v) is 2.45. The Morgan fingerprint density at radius 3 is 2.11 bits per heavy atom. The number of alkyl halides is 3. The molecule has 0 aliphatic rings. The number of rotatable bonds is 0. The van der Waals surface area contributed by atoms with Crippen LogP contribution in [-0.2, 0) is 6.18 Å². The van der Waals surface area contributed by atoms with Crippen LogP contribution in [0.4, 0.5) is 18.9 Å². The number of benzene rings is 2. The Labute approximate surface area is 108 Å². The van der Waals surface area contributed by atoms with Gasteiger partial charge in [0.25, 0.3) is 0 Å². The van der Waals surface area contributed by atoms with Crippen LogP contribution in [0.1, 0.15) is 16.7 Å². The Kier molecular flexibility index (Phi) is 3.48. The van der Waals surface area contributed by atoms with Gasteiger partial charge >= 0.3 is 6.18 Å². The maximum absolute atomic E-state index is 12.5. The summed E-state index contributed by atoms with van der Waals surface area (Å²) in [5.41, 5.74) is 6.47. The van der Waals surface area contributed by atoms with Crippen molar-refractivity contribution in [1.29, 1.82) is 0 Å². The topological polar surface area (TPSA) is 26.0 Å². The van der Waals surface area contributed by atoms with Crippen molar-refractivity contribution in [3.05, 3.63) is 65.2 Å². The van der Waals surface area contributed by atoms with E-state index in [0.29, 0.717) is 16.8 Å². The van der Waals surface area contributed by atoms with Crippen molar-refractivity contribution in [2.45, 2.75) is 6.18 Å². The summed E-state index contributed by atoms with van der Waals surface area (Å²) in [6.07, 6.45) is -4.35. The molecule has 2 N–H and O–H groups in total. The minimum absolute atomic E-state index is 0.326. The number of halogens is 3. The molecule has 19 heavy (non-hydrogen) atoms. The predicted octanol–water partition coefficient (Wildman–Crippen LogP) is 3.69. The molecule has 1 nitrogen and oxygen atoms in total. The molecule has 2 rings (SSSR count). The van der Waals surface area contributed by atoms with E-state index >= 15 is 0 Å². The number of nitrogen functional groups attached to an aromatic ring is 1. The number of anilines is 1. The first-order chi connectivity index (χ1) is 8.95.